The second-order valence-corrected chi connectivity index (χ2v) is 7.24. The Kier molecular flexibility index (Phi) is 5.76. The zero-order chi connectivity index (χ0) is 18.4. The first kappa shape index (κ1) is 18.5. The van der Waals surface area contributed by atoms with Gasteiger partial charge in [-0.1, -0.05) is 30.3 Å². The third kappa shape index (κ3) is 5.61. The summed E-state index contributed by atoms with van der Waals surface area (Å²) < 4.78 is 25.2. The number of carbonyl (C=O) groups is 2. The number of likely N-dealkylation sites (N-methyl/N-ethyl adjacent to an activating group) is 1. The summed E-state index contributed by atoms with van der Waals surface area (Å²) in [5.74, 6) is -0.814. The van der Waals surface area contributed by atoms with Crippen LogP contribution in [0.25, 0.3) is 0 Å². The average Bonchev–Trinajstić information content (AvgIpc) is 2.54. The van der Waals surface area contributed by atoms with Crippen molar-refractivity contribution in [3.8, 4) is 0 Å². The topological polar surface area (TPSA) is 95.6 Å². The van der Waals surface area contributed by atoms with Gasteiger partial charge >= 0.3 is 0 Å². The number of amides is 2. The molecular formula is C17H19N3O4S. The van der Waals surface area contributed by atoms with Crippen molar-refractivity contribution in [2.24, 2.45) is 0 Å². The molecule has 2 amide bonds. The molecule has 0 heterocycles. The van der Waals surface area contributed by atoms with E-state index in [4.69, 9.17) is 0 Å². The Labute approximate surface area is 146 Å². The number of anilines is 2. The second kappa shape index (κ2) is 7.80. The van der Waals surface area contributed by atoms with Crippen LogP contribution in [0.4, 0.5) is 11.4 Å². The number of nitrogens with one attached hydrogen (secondary N) is 2. The first-order valence-electron chi connectivity index (χ1n) is 7.43. The van der Waals surface area contributed by atoms with Crippen molar-refractivity contribution < 1.29 is 18.0 Å². The predicted molar refractivity (Wildman–Crippen MR) is 96.9 cm³/mol. The summed E-state index contributed by atoms with van der Waals surface area (Å²) in [5.41, 5.74) is 0.973. The van der Waals surface area contributed by atoms with Gasteiger partial charge in [-0.2, -0.15) is 0 Å². The van der Waals surface area contributed by atoms with Crippen LogP contribution in [-0.4, -0.2) is 45.0 Å². The molecule has 7 nitrogen and oxygen atoms in total. The maximum Gasteiger partial charge on any atom is 0.256 e. The SMILES string of the molecule is CN(CC(=O)Nc1ccccc1)C(=O)c1ccccc1NS(C)(=O)=O. The molecule has 2 N–H and O–H groups in total. The van der Waals surface area contributed by atoms with Gasteiger partial charge in [0.2, 0.25) is 15.9 Å². The summed E-state index contributed by atoms with van der Waals surface area (Å²) in [6.45, 7) is -0.166. The smallest absolute Gasteiger partial charge is 0.256 e. The summed E-state index contributed by atoms with van der Waals surface area (Å²) in [6, 6.07) is 15.1. The zero-order valence-electron chi connectivity index (χ0n) is 13.9. The summed E-state index contributed by atoms with van der Waals surface area (Å²) in [4.78, 5) is 25.8. The fraction of sp³-hybridized carbons (Fsp3) is 0.176. The number of para-hydroxylation sites is 2. The third-order valence-electron chi connectivity index (χ3n) is 3.24. The Hall–Kier alpha value is -2.87. The molecule has 0 bridgehead atoms. The van der Waals surface area contributed by atoms with Gasteiger partial charge < -0.3 is 10.2 Å². The Morgan fingerprint density at radius 1 is 1.00 bits per heavy atom. The van der Waals surface area contributed by atoms with Crippen molar-refractivity contribution in [3.05, 3.63) is 60.2 Å². The van der Waals surface area contributed by atoms with Crippen LogP contribution in [0.1, 0.15) is 10.4 Å². The molecule has 0 atom stereocenters. The van der Waals surface area contributed by atoms with Crippen LogP contribution >= 0.6 is 0 Å². The number of hydrogen-bond donors (Lipinski definition) is 2. The Bertz CT molecular complexity index is 866. The van der Waals surface area contributed by atoms with E-state index in [0.717, 1.165) is 6.26 Å². The lowest BCUT2D eigenvalue weighted by atomic mass is 10.1. The molecule has 0 unspecified atom stereocenters. The van der Waals surface area contributed by atoms with Crippen molar-refractivity contribution in [1.82, 2.24) is 4.90 Å². The minimum Gasteiger partial charge on any atom is -0.332 e. The van der Waals surface area contributed by atoms with Gasteiger partial charge in [0.25, 0.3) is 5.91 Å². The van der Waals surface area contributed by atoms with E-state index < -0.39 is 15.9 Å². The molecule has 0 aromatic heterocycles. The molecule has 25 heavy (non-hydrogen) atoms. The Morgan fingerprint density at radius 2 is 1.60 bits per heavy atom. The lowest BCUT2D eigenvalue weighted by Crippen LogP contribution is -2.35. The average molecular weight is 361 g/mol. The number of sulfonamides is 1. The van der Waals surface area contributed by atoms with Crippen LogP contribution in [-0.2, 0) is 14.8 Å². The molecule has 0 aliphatic rings. The fourth-order valence-electron chi connectivity index (χ4n) is 2.17. The van der Waals surface area contributed by atoms with E-state index in [9.17, 15) is 18.0 Å². The maximum absolute atomic E-state index is 12.6. The molecular weight excluding hydrogens is 342 g/mol. The molecule has 0 aliphatic carbocycles. The van der Waals surface area contributed by atoms with Gasteiger partial charge in [0, 0.05) is 12.7 Å². The largest absolute Gasteiger partial charge is 0.332 e. The highest BCUT2D eigenvalue weighted by atomic mass is 32.2. The number of carbonyl (C=O) groups excluding carboxylic acids is 2. The van der Waals surface area contributed by atoms with Gasteiger partial charge in [0.05, 0.1) is 24.1 Å². The minimum atomic E-state index is -3.52. The molecule has 0 spiro atoms. The van der Waals surface area contributed by atoms with Gasteiger partial charge in [-0.3, -0.25) is 14.3 Å². The van der Waals surface area contributed by atoms with Gasteiger partial charge in [-0.15, -0.1) is 0 Å². The van der Waals surface area contributed by atoms with Crippen LogP contribution in [0, 0.1) is 0 Å². The van der Waals surface area contributed by atoms with E-state index in [1.54, 1.807) is 36.4 Å². The number of rotatable bonds is 6. The molecule has 2 aromatic rings. The second-order valence-electron chi connectivity index (χ2n) is 5.50. The van der Waals surface area contributed by atoms with Crippen LogP contribution < -0.4 is 10.0 Å². The summed E-state index contributed by atoms with van der Waals surface area (Å²) in [7, 11) is -2.05. The highest BCUT2D eigenvalue weighted by molar-refractivity contribution is 7.92. The summed E-state index contributed by atoms with van der Waals surface area (Å²) >= 11 is 0. The quantitative estimate of drug-likeness (QED) is 0.820. The number of benzene rings is 2. The van der Waals surface area contributed by atoms with Gasteiger partial charge in [-0.05, 0) is 24.3 Å². The van der Waals surface area contributed by atoms with E-state index in [0.29, 0.717) is 5.69 Å². The van der Waals surface area contributed by atoms with Crippen molar-refractivity contribution in [1.29, 1.82) is 0 Å². The first-order chi connectivity index (χ1) is 11.8. The maximum atomic E-state index is 12.6. The number of hydrogen-bond acceptors (Lipinski definition) is 4. The Morgan fingerprint density at radius 3 is 2.24 bits per heavy atom. The predicted octanol–water partition coefficient (Wildman–Crippen LogP) is 1.77. The normalized spacial score (nSPS) is 10.8. The van der Waals surface area contributed by atoms with Gasteiger partial charge in [-0.25, -0.2) is 8.42 Å². The highest BCUT2D eigenvalue weighted by Crippen LogP contribution is 2.18. The van der Waals surface area contributed by atoms with E-state index in [1.807, 2.05) is 6.07 Å². The third-order valence-corrected chi connectivity index (χ3v) is 3.83. The molecule has 0 aliphatic heterocycles. The monoisotopic (exact) mass is 361 g/mol. The lowest BCUT2D eigenvalue weighted by Gasteiger charge is -2.19. The van der Waals surface area contributed by atoms with Crippen LogP contribution in [0.15, 0.2) is 54.6 Å². The lowest BCUT2D eigenvalue weighted by molar-refractivity contribution is -0.116. The minimum absolute atomic E-state index is 0.166. The molecule has 0 saturated heterocycles. The summed E-state index contributed by atoms with van der Waals surface area (Å²) in [5, 5.41) is 2.69. The molecule has 0 radical (unpaired) electrons. The van der Waals surface area contributed by atoms with Gasteiger partial charge in [0.1, 0.15) is 0 Å². The van der Waals surface area contributed by atoms with E-state index in [1.165, 1.54) is 24.1 Å². The molecule has 2 rings (SSSR count). The van der Waals surface area contributed by atoms with Crippen molar-refractivity contribution in [2.45, 2.75) is 0 Å². The Balaban J connectivity index is 2.08. The van der Waals surface area contributed by atoms with Crippen LogP contribution in [0.3, 0.4) is 0 Å². The van der Waals surface area contributed by atoms with Crippen molar-refractivity contribution in [3.63, 3.8) is 0 Å². The molecule has 0 fully saturated rings. The van der Waals surface area contributed by atoms with E-state index in [2.05, 4.69) is 10.0 Å². The van der Waals surface area contributed by atoms with Crippen LogP contribution in [0.2, 0.25) is 0 Å². The molecule has 132 valence electrons. The highest BCUT2D eigenvalue weighted by Gasteiger charge is 2.19. The molecule has 0 saturated carbocycles. The van der Waals surface area contributed by atoms with Crippen molar-refractivity contribution >= 4 is 33.2 Å². The van der Waals surface area contributed by atoms with E-state index in [-0.39, 0.29) is 23.7 Å². The van der Waals surface area contributed by atoms with E-state index >= 15 is 0 Å². The standard InChI is InChI=1S/C17H19N3O4S/c1-20(12-16(21)18-13-8-4-3-5-9-13)17(22)14-10-6-7-11-15(14)19-25(2,23)24/h3-11,19H,12H2,1-2H3,(H,18,21). The molecule has 8 heteroatoms. The number of nitrogens with zero attached hydrogens (tertiary/aromatic N) is 1. The van der Waals surface area contributed by atoms with Gasteiger partial charge in [0.15, 0.2) is 0 Å². The fourth-order valence-corrected chi connectivity index (χ4v) is 2.75. The molecule has 2 aromatic carbocycles. The van der Waals surface area contributed by atoms with Crippen LogP contribution in [0.5, 0.6) is 0 Å². The first-order valence-corrected chi connectivity index (χ1v) is 9.32. The zero-order valence-corrected chi connectivity index (χ0v) is 14.7. The van der Waals surface area contributed by atoms with Crippen molar-refractivity contribution in [2.75, 3.05) is 29.9 Å². The summed E-state index contributed by atoms with van der Waals surface area (Å²) in [6.07, 6.45) is 1.01.